The molecule has 174 valence electrons. The third-order valence-corrected chi connectivity index (χ3v) is 5.81. The Morgan fingerprint density at radius 2 is 1.75 bits per heavy atom. The Hall–Kier alpha value is -2.41. The van der Waals surface area contributed by atoms with Crippen LogP contribution in [0.5, 0.6) is 0 Å². The van der Waals surface area contributed by atoms with Crippen molar-refractivity contribution in [3.63, 3.8) is 0 Å². The average Bonchev–Trinajstić information content (AvgIpc) is 2.82. The first kappa shape index (κ1) is 24.2. The van der Waals surface area contributed by atoms with E-state index in [4.69, 9.17) is 9.73 Å². The van der Waals surface area contributed by atoms with Gasteiger partial charge in [-0.1, -0.05) is 55.5 Å². The standard InChI is InChI=1S/C26H39N5O/c1-4-27-26(28-18-22-9-8-10-23(17-22)20-30(3)5-2)29-19-24-11-6-7-12-25(24)21-31-13-15-32-16-14-31/h6-12,17H,4-5,13-16,18-21H2,1-3H3,(H2,27,28,29). The van der Waals surface area contributed by atoms with E-state index in [-0.39, 0.29) is 0 Å². The zero-order valence-electron chi connectivity index (χ0n) is 19.9. The summed E-state index contributed by atoms with van der Waals surface area (Å²) < 4.78 is 5.49. The van der Waals surface area contributed by atoms with Crippen LogP contribution in [0.15, 0.2) is 53.5 Å². The third kappa shape index (κ3) is 7.93. The molecule has 0 radical (unpaired) electrons. The van der Waals surface area contributed by atoms with E-state index in [9.17, 15) is 0 Å². The summed E-state index contributed by atoms with van der Waals surface area (Å²) in [7, 11) is 2.15. The van der Waals surface area contributed by atoms with Crippen molar-refractivity contribution < 1.29 is 4.74 Å². The van der Waals surface area contributed by atoms with E-state index < -0.39 is 0 Å². The molecule has 3 rings (SSSR count). The zero-order valence-corrected chi connectivity index (χ0v) is 19.9. The molecule has 0 amide bonds. The van der Waals surface area contributed by atoms with E-state index in [1.54, 1.807) is 0 Å². The second-order valence-electron chi connectivity index (χ2n) is 8.36. The van der Waals surface area contributed by atoms with Gasteiger partial charge in [-0.25, -0.2) is 4.99 Å². The Kier molecular flexibility index (Phi) is 10.0. The molecule has 32 heavy (non-hydrogen) atoms. The predicted molar refractivity (Wildman–Crippen MR) is 133 cm³/mol. The van der Waals surface area contributed by atoms with Crippen LogP contribution in [0.4, 0.5) is 0 Å². The van der Waals surface area contributed by atoms with E-state index in [1.807, 2.05) is 0 Å². The van der Waals surface area contributed by atoms with Gasteiger partial charge in [0.05, 0.1) is 19.8 Å². The highest BCUT2D eigenvalue weighted by Crippen LogP contribution is 2.13. The molecule has 1 aliphatic heterocycles. The minimum absolute atomic E-state index is 0.661. The van der Waals surface area contributed by atoms with Crippen molar-refractivity contribution in [2.75, 3.05) is 46.4 Å². The highest BCUT2D eigenvalue weighted by Gasteiger charge is 2.12. The summed E-state index contributed by atoms with van der Waals surface area (Å²) in [6, 6.07) is 17.4. The first-order valence-corrected chi connectivity index (χ1v) is 11.8. The lowest BCUT2D eigenvalue weighted by atomic mass is 10.1. The maximum atomic E-state index is 5.49. The van der Waals surface area contributed by atoms with Crippen molar-refractivity contribution in [2.45, 2.75) is 40.0 Å². The number of nitrogens with zero attached hydrogens (tertiary/aromatic N) is 3. The van der Waals surface area contributed by atoms with Gasteiger partial charge in [-0.3, -0.25) is 4.90 Å². The summed E-state index contributed by atoms with van der Waals surface area (Å²) in [4.78, 5) is 9.61. The number of benzene rings is 2. The van der Waals surface area contributed by atoms with Gasteiger partial charge in [0, 0.05) is 39.3 Å². The lowest BCUT2D eigenvalue weighted by molar-refractivity contribution is 0.0341. The number of nitrogens with one attached hydrogen (secondary N) is 2. The second-order valence-corrected chi connectivity index (χ2v) is 8.36. The van der Waals surface area contributed by atoms with Gasteiger partial charge >= 0.3 is 0 Å². The Bertz CT molecular complexity index is 848. The average molecular weight is 438 g/mol. The van der Waals surface area contributed by atoms with Crippen LogP contribution in [0.25, 0.3) is 0 Å². The number of rotatable bonds is 10. The van der Waals surface area contributed by atoms with Crippen molar-refractivity contribution in [3.05, 3.63) is 70.8 Å². The smallest absolute Gasteiger partial charge is 0.191 e. The Morgan fingerprint density at radius 3 is 2.50 bits per heavy atom. The summed E-state index contributed by atoms with van der Waals surface area (Å²) in [5.74, 6) is 0.852. The molecule has 1 heterocycles. The molecule has 2 aromatic rings. The highest BCUT2D eigenvalue weighted by molar-refractivity contribution is 5.79. The zero-order chi connectivity index (χ0) is 22.6. The van der Waals surface area contributed by atoms with E-state index in [0.717, 1.165) is 65.0 Å². The molecule has 0 aliphatic carbocycles. The molecule has 0 aromatic heterocycles. The van der Waals surface area contributed by atoms with Crippen molar-refractivity contribution in [2.24, 2.45) is 4.99 Å². The summed E-state index contributed by atoms with van der Waals surface area (Å²) in [5.41, 5.74) is 5.24. The number of hydrogen-bond acceptors (Lipinski definition) is 4. The fraction of sp³-hybridized carbons (Fsp3) is 0.500. The van der Waals surface area contributed by atoms with Gasteiger partial charge in [-0.2, -0.15) is 0 Å². The molecule has 1 fully saturated rings. The van der Waals surface area contributed by atoms with Crippen molar-refractivity contribution in [1.29, 1.82) is 0 Å². The largest absolute Gasteiger partial charge is 0.379 e. The molecule has 6 nitrogen and oxygen atoms in total. The van der Waals surface area contributed by atoms with Gasteiger partial charge in [0.15, 0.2) is 5.96 Å². The van der Waals surface area contributed by atoms with Gasteiger partial charge in [0.1, 0.15) is 0 Å². The molecule has 2 N–H and O–H groups in total. The fourth-order valence-electron chi connectivity index (χ4n) is 3.83. The first-order chi connectivity index (χ1) is 15.7. The molecule has 1 saturated heterocycles. The normalized spacial score (nSPS) is 15.2. The van der Waals surface area contributed by atoms with Crippen LogP contribution in [0.3, 0.4) is 0 Å². The van der Waals surface area contributed by atoms with E-state index in [0.29, 0.717) is 6.54 Å². The number of hydrogen-bond donors (Lipinski definition) is 2. The van der Waals surface area contributed by atoms with Crippen molar-refractivity contribution >= 4 is 5.96 Å². The van der Waals surface area contributed by atoms with E-state index in [2.05, 4.69) is 89.9 Å². The molecule has 0 spiro atoms. The predicted octanol–water partition coefficient (Wildman–Crippen LogP) is 3.23. The minimum atomic E-state index is 0.661. The van der Waals surface area contributed by atoms with Gasteiger partial charge < -0.3 is 20.3 Å². The maximum absolute atomic E-state index is 5.49. The molecule has 0 unspecified atom stereocenters. The van der Waals surface area contributed by atoms with Crippen LogP contribution in [-0.4, -0.2) is 62.2 Å². The molecule has 0 saturated carbocycles. The third-order valence-electron chi connectivity index (χ3n) is 5.81. The highest BCUT2D eigenvalue weighted by atomic mass is 16.5. The minimum Gasteiger partial charge on any atom is -0.379 e. The summed E-state index contributed by atoms with van der Waals surface area (Å²) in [5, 5.41) is 6.91. The van der Waals surface area contributed by atoms with Crippen molar-refractivity contribution in [1.82, 2.24) is 20.4 Å². The molecule has 6 heteroatoms. The Balaban J connectivity index is 1.61. The Morgan fingerprint density at radius 1 is 1.00 bits per heavy atom. The molecular weight excluding hydrogens is 398 g/mol. The number of morpholine rings is 1. The second kappa shape index (κ2) is 13.2. The van der Waals surface area contributed by atoms with Crippen LogP contribution in [-0.2, 0) is 30.9 Å². The van der Waals surface area contributed by atoms with Gasteiger partial charge in [0.25, 0.3) is 0 Å². The molecule has 1 aliphatic rings. The number of ether oxygens (including phenoxy) is 1. The van der Waals surface area contributed by atoms with Gasteiger partial charge in [-0.05, 0) is 42.8 Å². The quantitative estimate of drug-likeness (QED) is 0.442. The number of aliphatic imine (C=N–C) groups is 1. The van der Waals surface area contributed by atoms with Crippen LogP contribution < -0.4 is 10.6 Å². The van der Waals surface area contributed by atoms with E-state index in [1.165, 1.54) is 22.3 Å². The van der Waals surface area contributed by atoms with Crippen LogP contribution in [0.1, 0.15) is 36.1 Å². The van der Waals surface area contributed by atoms with Gasteiger partial charge in [0.2, 0.25) is 0 Å². The topological polar surface area (TPSA) is 52.1 Å². The summed E-state index contributed by atoms with van der Waals surface area (Å²) >= 11 is 0. The molecule has 2 aromatic carbocycles. The summed E-state index contributed by atoms with van der Waals surface area (Å²) in [6.45, 7) is 13.2. The monoisotopic (exact) mass is 437 g/mol. The van der Waals surface area contributed by atoms with Crippen LogP contribution >= 0.6 is 0 Å². The van der Waals surface area contributed by atoms with E-state index >= 15 is 0 Å². The van der Waals surface area contributed by atoms with Gasteiger partial charge in [-0.15, -0.1) is 0 Å². The fourth-order valence-corrected chi connectivity index (χ4v) is 3.83. The maximum Gasteiger partial charge on any atom is 0.191 e. The van der Waals surface area contributed by atoms with Crippen LogP contribution in [0, 0.1) is 0 Å². The lowest BCUT2D eigenvalue weighted by Gasteiger charge is -2.27. The molecule has 0 bridgehead atoms. The lowest BCUT2D eigenvalue weighted by Crippen LogP contribution is -2.38. The van der Waals surface area contributed by atoms with Crippen molar-refractivity contribution in [3.8, 4) is 0 Å². The number of guanidine groups is 1. The molecular formula is C26H39N5O. The molecule has 0 atom stereocenters. The first-order valence-electron chi connectivity index (χ1n) is 11.8. The SMILES string of the molecule is CCNC(=NCc1cccc(CN(C)CC)c1)NCc1ccccc1CN1CCOCC1. The van der Waals surface area contributed by atoms with Crippen LogP contribution in [0.2, 0.25) is 0 Å². The Labute approximate surface area is 193 Å². The summed E-state index contributed by atoms with van der Waals surface area (Å²) in [6.07, 6.45) is 0.